The first kappa shape index (κ1) is 21.1. The highest BCUT2D eigenvalue weighted by Gasteiger charge is 2.29. The van der Waals surface area contributed by atoms with Crippen LogP contribution < -0.4 is 11.4 Å². The zero-order valence-corrected chi connectivity index (χ0v) is 18.4. The van der Waals surface area contributed by atoms with Gasteiger partial charge in [-0.1, -0.05) is 6.92 Å². The highest BCUT2D eigenvalue weighted by molar-refractivity contribution is 6.14. The van der Waals surface area contributed by atoms with Crippen molar-refractivity contribution in [2.75, 3.05) is 13.7 Å². The zero-order chi connectivity index (χ0) is 22.9. The standard InChI is InChI=1S/C23H24N6O4/c1-3-15-8-14(6-7-31-15)29-21-20-17(5-4-16(27-20)18-11-26-12-32-18)33-22(21)19(28-23(29)30)13(9-24)10-25-2/h4-5,9-12,14-15H,3,6-8,24H2,1-2H3/t14-,15-/m0/s1. The summed E-state index contributed by atoms with van der Waals surface area (Å²) in [5.41, 5.74) is 8.93. The number of rotatable bonds is 5. The summed E-state index contributed by atoms with van der Waals surface area (Å²) >= 11 is 0. The Kier molecular flexibility index (Phi) is 5.51. The largest absolute Gasteiger partial charge is 0.450 e. The molecule has 1 aliphatic heterocycles. The Morgan fingerprint density at radius 3 is 2.97 bits per heavy atom. The van der Waals surface area contributed by atoms with Gasteiger partial charge in [0.2, 0.25) is 0 Å². The van der Waals surface area contributed by atoms with Crippen LogP contribution in [-0.4, -0.2) is 45.5 Å². The molecular weight excluding hydrogens is 424 g/mol. The molecule has 0 aliphatic carbocycles. The molecule has 0 bridgehead atoms. The summed E-state index contributed by atoms with van der Waals surface area (Å²) in [5, 5.41) is 0. The molecule has 4 aromatic heterocycles. The minimum absolute atomic E-state index is 0.0768. The molecule has 2 N–H and O–H groups in total. The first-order valence-electron chi connectivity index (χ1n) is 10.8. The lowest BCUT2D eigenvalue weighted by molar-refractivity contribution is -0.00711. The maximum atomic E-state index is 13.4. The summed E-state index contributed by atoms with van der Waals surface area (Å²) in [4.78, 5) is 30.6. The summed E-state index contributed by atoms with van der Waals surface area (Å²) in [6.45, 7) is 2.65. The molecule has 33 heavy (non-hydrogen) atoms. The fourth-order valence-corrected chi connectivity index (χ4v) is 4.36. The van der Waals surface area contributed by atoms with E-state index in [0.717, 1.165) is 6.42 Å². The summed E-state index contributed by atoms with van der Waals surface area (Å²) in [6, 6.07) is 3.49. The topological polar surface area (TPSA) is 135 Å². The lowest BCUT2D eigenvalue weighted by Crippen LogP contribution is -2.34. The van der Waals surface area contributed by atoms with E-state index in [1.54, 1.807) is 36.2 Å². The number of oxazole rings is 1. The minimum atomic E-state index is -0.391. The summed E-state index contributed by atoms with van der Waals surface area (Å²) < 4.78 is 19.2. The molecule has 5 heterocycles. The van der Waals surface area contributed by atoms with E-state index in [2.05, 4.69) is 21.9 Å². The molecule has 0 radical (unpaired) electrons. The molecule has 0 spiro atoms. The van der Waals surface area contributed by atoms with Gasteiger partial charge in [0.25, 0.3) is 0 Å². The second-order valence-electron chi connectivity index (χ2n) is 7.89. The van der Waals surface area contributed by atoms with Crippen LogP contribution in [0.5, 0.6) is 0 Å². The molecule has 1 fully saturated rings. The van der Waals surface area contributed by atoms with Crippen molar-refractivity contribution in [1.29, 1.82) is 0 Å². The molecule has 4 aromatic rings. The highest BCUT2D eigenvalue weighted by atomic mass is 16.5. The SMILES string of the molecule is CC[C@H]1C[C@@H](n2c(=O)nc(C(C=NC)=CN)c3oc4ccc(-c5cnco5)nc4c32)CCO1. The number of nitrogens with zero attached hydrogens (tertiary/aromatic N) is 5. The Morgan fingerprint density at radius 2 is 2.24 bits per heavy atom. The average molecular weight is 448 g/mol. The average Bonchev–Trinajstić information content (AvgIpc) is 3.50. The molecule has 5 rings (SSSR count). The van der Waals surface area contributed by atoms with Gasteiger partial charge in [0.1, 0.15) is 22.4 Å². The van der Waals surface area contributed by atoms with Crippen molar-refractivity contribution in [3.05, 3.63) is 47.1 Å². The number of aromatic nitrogens is 4. The van der Waals surface area contributed by atoms with Crippen LogP contribution >= 0.6 is 0 Å². The van der Waals surface area contributed by atoms with Gasteiger partial charge in [-0.2, -0.15) is 4.98 Å². The molecule has 0 aromatic carbocycles. The van der Waals surface area contributed by atoms with Crippen LogP contribution in [0.2, 0.25) is 0 Å². The Hall–Kier alpha value is -3.79. The number of aliphatic imine (C=N–C) groups is 1. The van der Waals surface area contributed by atoms with Gasteiger partial charge in [-0.3, -0.25) is 9.56 Å². The number of pyridine rings is 1. The first-order valence-corrected chi connectivity index (χ1v) is 10.8. The van der Waals surface area contributed by atoms with Crippen molar-refractivity contribution < 1.29 is 13.6 Å². The first-order chi connectivity index (χ1) is 16.1. The van der Waals surface area contributed by atoms with Crippen LogP contribution in [-0.2, 0) is 4.74 Å². The van der Waals surface area contributed by atoms with E-state index in [0.29, 0.717) is 64.4 Å². The number of hydrogen-bond acceptors (Lipinski definition) is 9. The van der Waals surface area contributed by atoms with E-state index in [9.17, 15) is 4.79 Å². The summed E-state index contributed by atoms with van der Waals surface area (Å²) in [5.74, 6) is 0.521. The van der Waals surface area contributed by atoms with E-state index in [-0.39, 0.29) is 12.1 Å². The third kappa shape index (κ3) is 3.62. The van der Waals surface area contributed by atoms with Crippen molar-refractivity contribution >= 4 is 34.0 Å². The van der Waals surface area contributed by atoms with Crippen LogP contribution in [0.1, 0.15) is 37.9 Å². The molecule has 1 saturated heterocycles. The molecule has 10 nitrogen and oxygen atoms in total. The van der Waals surface area contributed by atoms with Crippen LogP contribution in [0.15, 0.2) is 49.5 Å². The number of nitrogens with two attached hydrogens (primary N) is 1. The van der Waals surface area contributed by atoms with Crippen LogP contribution in [0.25, 0.3) is 39.2 Å². The van der Waals surface area contributed by atoms with E-state index < -0.39 is 5.69 Å². The van der Waals surface area contributed by atoms with Gasteiger partial charge in [0, 0.05) is 37.7 Å². The zero-order valence-electron chi connectivity index (χ0n) is 18.4. The maximum absolute atomic E-state index is 13.4. The Balaban J connectivity index is 1.83. The lowest BCUT2D eigenvalue weighted by Gasteiger charge is -2.30. The van der Waals surface area contributed by atoms with Crippen molar-refractivity contribution in [1.82, 2.24) is 19.5 Å². The minimum Gasteiger partial charge on any atom is -0.450 e. The second-order valence-corrected chi connectivity index (χ2v) is 7.89. The number of furan rings is 1. The van der Waals surface area contributed by atoms with Gasteiger partial charge in [0.15, 0.2) is 23.3 Å². The third-order valence-corrected chi connectivity index (χ3v) is 5.95. The van der Waals surface area contributed by atoms with Crippen molar-refractivity contribution in [3.63, 3.8) is 0 Å². The fourth-order valence-electron chi connectivity index (χ4n) is 4.36. The number of ether oxygens (including phenoxy) is 1. The molecule has 0 saturated carbocycles. The van der Waals surface area contributed by atoms with Crippen LogP contribution in [0, 0.1) is 0 Å². The summed E-state index contributed by atoms with van der Waals surface area (Å²) in [7, 11) is 1.62. The molecule has 0 amide bonds. The molecule has 2 atom stereocenters. The quantitative estimate of drug-likeness (QED) is 0.459. The molecule has 170 valence electrons. The predicted molar refractivity (Wildman–Crippen MR) is 124 cm³/mol. The van der Waals surface area contributed by atoms with Gasteiger partial charge in [0.05, 0.1) is 12.3 Å². The highest BCUT2D eigenvalue weighted by Crippen LogP contribution is 2.35. The molecule has 1 aliphatic rings. The van der Waals surface area contributed by atoms with E-state index in [1.807, 2.05) is 0 Å². The smallest absolute Gasteiger partial charge is 0.349 e. The van der Waals surface area contributed by atoms with E-state index in [4.69, 9.17) is 24.3 Å². The maximum Gasteiger partial charge on any atom is 0.349 e. The Morgan fingerprint density at radius 1 is 1.36 bits per heavy atom. The molecule has 10 heteroatoms. The number of fused-ring (bicyclic) bond motifs is 3. The normalized spacial score (nSPS) is 19.8. The van der Waals surface area contributed by atoms with Gasteiger partial charge in [-0.05, 0) is 31.4 Å². The second kappa shape index (κ2) is 8.62. The molecule has 0 unspecified atom stereocenters. The van der Waals surface area contributed by atoms with Crippen LogP contribution in [0.4, 0.5) is 0 Å². The molecular formula is C23H24N6O4. The van der Waals surface area contributed by atoms with E-state index >= 15 is 0 Å². The number of hydrogen-bond donors (Lipinski definition) is 1. The van der Waals surface area contributed by atoms with Gasteiger partial charge in [-0.25, -0.2) is 14.8 Å². The van der Waals surface area contributed by atoms with Gasteiger partial charge >= 0.3 is 5.69 Å². The summed E-state index contributed by atoms with van der Waals surface area (Å²) in [6.07, 6.45) is 8.19. The Bertz CT molecular complexity index is 1420. The third-order valence-electron chi connectivity index (χ3n) is 5.95. The van der Waals surface area contributed by atoms with Crippen molar-refractivity contribution in [2.24, 2.45) is 10.7 Å². The van der Waals surface area contributed by atoms with Gasteiger partial charge in [-0.15, -0.1) is 0 Å². The van der Waals surface area contributed by atoms with E-state index in [1.165, 1.54) is 12.6 Å². The van der Waals surface area contributed by atoms with Crippen molar-refractivity contribution in [3.8, 4) is 11.5 Å². The Labute approximate surface area is 188 Å². The lowest BCUT2D eigenvalue weighted by atomic mass is 10.0. The van der Waals surface area contributed by atoms with Crippen LogP contribution in [0.3, 0.4) is 0 Å². The van der Waals surface area contributed by atoms with Crippen molar-refractivity contribution in [2.45, 2.75) is 38.3 Å². The van der Waals surface area contributed by atoms with Gasteiger partial charge < -0.3 is 19.3 Å². The monoisotopic (exact) mass is 448 g/mol. The number of allylic oxidation sites excluding steroid dienone is 1. The fraction of sp³-hybridized carbons (Fsp3) is 0.348. The predicted octanol–water partition coefficient (Wildman–Crippen LogP) is 3.32.